The van der Waals surface area contributed by atoms with Crippen molar-refractivity contribution in [3.05, 3.63) is 23.8 Å². The number of carbonyl (C=O) groups excluding carboxylic acids is 1. The van der Waals surface area contributed by atoms with Crippen LogP contribution in [0.5, 0.6) is 0 Å². The Kier molecular flexibility index (Phi) is 4.36. The molecular weight excluding hydrogens is 242 g/mol. The third-order valence-electron chi connectivity index (χ3n) is 1.79. The molecule has 5 nitrogen and oxygen atoms in total. The molecule has 0 saturated heterocycles. The Morgan fingerprint density at radius 1 is 1.24 bits per heavy atom. The van der Waals surface area contributed by atoms with Gasteiger partial charge >= 0.3 is 5.97 Å². The molecule has 0 aliphatic rings. The normalized spacial score (nSPS) is 11.1. The Hall–Kier alpha value is -1.27. The van der Waals surface area contributed by atoms with Crippen LogP contribution in [0.4, 0.5) is 0 Å². The van der Waals surface area contributed by atoms with E-state index in [1.165, 1.54) is 18.2 Å². The molecule has 4 radical (unpaired) electrons. The van der Waals surface area contributed by atoms with Gasteiger partial charge in [0, 0.05) is 0 Å². The number of ether oxygens (including phenoxy) is 1. The molecule has 0 amide bonds. The largest absolute Gasteiger partial charge is 0.461 e. The Labute approximate surface area is 102 Å². The highest BCUT2D eigenvalue weighted by atomic mass is 32.2. The zero-order valence-electron chi connectivity index (χ0n) is 8.79. The first-order chi connectivity index (χ1) is 7.78. The summed E-state index contributed by atoms with van der Waals surface area (Å²) in [4.78, 5) is 11.4. The molecule has 8 heteroatoms. The van der Waals surface area contributed by atoms with Crippen molar-refractivity contribution < 1.29 is 22.5 Å². The van der Waals surface area contributed by atoms with Crippen molar-refractivity contribution in [1.29, 1.82) is 0 Å². The third-order valence-corrected chi connectivity index (χ3v) is 2.47. The van der Waals surface area contributed by atoms with Crippen LogP contribution >= 0.6 is 0 Å². The summed E-state index contributed by atoms with van der Waals surface area (Å²) in [6.07, 6.45) is 0. The fraction of sp³-hybridized carbons (Fsp3) is 0.222. The second kappa shape index (κ2) is 5.37. The van der Waals surface area contributed by atoms with Gasteiger partial charge in [0.05, 0.1) is 5.56 Å². The Balaban J connectivity index is 2.64. The lowest BCUT2D eigenvalue weighted by Crippen LogP contribution is -2.20. The molecule has 86 valence electrons. The molecule has 0 fully saturated rings. The van der Waals surface area contributed by atoms with Crippen LogP contribution in [0, 0.1) is 0 Å². The summed E-state index contributed by atoms with van der Waals surface area (Å²) in [5.41, 5.74) is 0.719. The first-order valence-corrected chi connectivity index (χ1v) is 6.17. The van der Waals surface area contributed by atoms with Gasteiger partial charge in [-0.2, -0.15) is 8.42 Å². The van der Waals surface area contributed by atoms with Crippen molar-refractivity contribution in [2.45, 2.75) is 0 Å². The number of hydrogen-bond donors (Lipinski definition) is 1. The lowest BCUT2D eigenvalue weighted by atomic mass is 9.85. The molecule has 0 aliphatic heterocycles. The highest BCUT2D eigenvalue weighted by molar-refractivity contribution is 7.85. The van der Waals surface area contributed by atoms with E-state index in [0.29, 0.717) is 10.9 Å². The quantitative estimate of drug-likeness (QED) is 0.392. The number of carbonyl (C=O) groups is 1. The van der Waals surface area contributed by atoms with Crippen LogP contribution in [0.25, 0.3) is 0 Å². The lowest BCUT2D eigenvalue weighted by Gasteiger charge is -2.06. The molecule has 0 aromatic heterocycles. The number of esters is 1. The predicted molar refractivity (Wildman–Crippen MR) is 63.9 cm³/mol. The van der Waals surface area contributed by atoms with Gasteiger partial charge in [0.2, 0.25) is 0 Å². The highest BCUT2D eigenvalue weighted by Crippen LogP contribution is 1.98. The van der Waals surface area contributed by atoms with Crippen LogP contribution in [0.1, 0.15) is 10.4 Å². The van der Waals surface area contributed by atoms with Crippen molar-refractivity contribution in [3.63, 3.8) is 0 Å². The summed E-state index contributed by atoms with van der Waals surface area (Å²) in [6, 6.07) is 4.17. The monoisotopic (exact) mass is 250 g/mol. The fourth-order valence-electron chi connectivity index (χ4n) is 1.12. The zero-order chi connectivity index (χ0) is 13.1. The predicted octanol–water partition coefficient (Wildman–Crippen LogP) is -1.68. The minimum atomic E-state index is -4.14. The van der Waals surface area contributed by atoms with E-state index in [4.69, 9.17) is 20.2 Å². The van der Waals surface area contributed by atoms with E-state index in [2.05, 4.69) is 4.74 Å². The molecular formula is C9H8B2O5S. The Bertz CT molecular complexity index is 506. The smallest absolute Gasteiger partial charge is 0.338 e. The molecule has 17 heavy (non-hydrogen) atoms. The van der Waals surface area contributed by atoms with E-state index in [1.807, 2.05) is 0 Å². The molecule has 0 unspecified atom stereocenters. The minimum absolute atomic E-state index is 0.123. The van der Waals surface area contributed by atoms with Gasteiger partial charge in [-0.15, -0.1) is 0 Å². The number of hydrogen-bond acceptors (Lipinski definition) is 4. The van der Waals surface area contributed by atoms with E-state index in [9.17, 15) is 13.2 Å². The van der Waals surface area contributed by atoms with Gasteiger partial charge in [-0.1, -0.05) is 29.1 Å². The minimum Gasteiger partial charge on any atom is -0.461 e. The van der Waals surface area contributed by atoms with Crippen LogP contribution in [-0.4, -0.2) is 47.0 Å². The fourth-order valence-corrected chi connectivity index (χ4v) is 1.41. The van der Waals surface area contributed by atoms with Crippen LogP contribution in [-0.2, 0) is 14.9 Å². The van der Waals surface area contributed by atoms with Crippen LogP contribution in [0.15, 0.2) is 18.2 Å². The van der Waals surface area contributed by atoms with Gasteiger partial charge < -0.3 is 4.74 Å². The second-order valence-electron chi connectivity index (χ2n) is 3.31. The zero-order valence-corrected chi connectivity index (χ0v) is 9.61. The van der Waals surface area contributed by atoms with Crippen molar-refractivity contribution in [1.82, 2.24) is 0 Å². The van der Waals surface area contributed by atoms with Gasteiger partial charge in [0.15, 0.2) is 0 Å². The van der Waals surface area contributed by atoms with Crippen LogP contribution in [0.2, 0.25) is 0 Å². The maximum Gasteiger partial charge on any atom is 0.338 e. The molecule has 0 spiro atoms. The number of rotatable bonds is 4. The molecule has 1 N–H and O–H groups in total. The van der Waals surface area contributed by atoms with Crippen molar-refractivity contribution in [3.8, 4) is 0 Å². The summed E-state index contributed by atoms with van der Waals surface area (Å²) in [5, 5.41) is 0. The molecule has 1 aromatic rings. The molecule has 0 heterocycles. The van der Waals surface area contributed by atoms with Gasteiger partial charge in [0.1, 0.15) is 28.1 Å². The first-order valence-electron chi connectivity index (χ1n) is 4.56. The SMILES string of the molecule is [B]c1cc([B])cc(C(=O)OCCS(=O)(=O)O)c1. The lowest BCUT2D eigenvalue weighted by molar-refractivity contribution is 0.0528. The van der Waals surface area contributed by atoms with Crippen molar-refractivity contribution in [2.75, 3.05) is 12.4 Å². The van der Waals surface area contributed by atoms with Crippen molar-refractivity contribution in [2.24, 2.45) is 0 Å². The van der Waals surface area contributed by atoms with Crippen molar-refractivity contribution >= 4 is 42.7 Å². The Morgan fingerprint density at radius 2 is 1.76 bits per heavy atom. The molecule has 0 saturated carbocycles. The van der Waals surface area contributed by atoms with Gasteiger partial charge in [-0.05, 0) is 0 Å². The van der Waals surface area contributed by atoms with E-state index in [1.54, 1.807) is 0 Å². The van der Waals surface area contributed by atoms with Crippen LogP contribution in [0.3, 0.4) is 0 Å². The van der Waals surface area contributed by atoms with E-state index in [0.717, 1.165) is 0 Å². The maximum absolute atomic E-state index is 11.4. The van der Waals surface area contributed by atoms with Gasteiger partial charge in [-0.25, -0.2) is 4.79 Å². The van der Waals surface area contributed by atoms with Crippen LogP contribution < -0.4 is 10.9 Å². The second-order valence-corrected chi connectivity index (χ2v) is 4.88. The molecule has 0 atom stereocenters. The molecule has 1 rings (SSSR count). The summed E-state index contributed by atoms with van der Waals surface area (Å²) in [7, 11) is 6.80. The molecule has 0 aliphatic carbocycles. The first kappa shape index (κ1) is 13.8. The highest BCUT2D eigenvalue weighted by Gasteiger charge is 2.10. The van der Waals surface area contributed by atoms with E-state index < -0.39 is 28.4 Å². The van der Waals surface area contributed by atoms with E-state index in [-0.39, 0.29) is 5.56 Å². The van der Waals surface area contributed by atoms with Gasteiger partial charge in [-0.3, -0.25) is 4.55 Å². The average molecular weight is 250 g/mol. The average Bonchev–Trinajstić information content (AvgIpc) is 2.13. The Morgan fingerprint density at radius 3 is 2.24 bits per heavy atom. The summed E-state index contributed by atoms with van der Waals surface area (Å²) in [6.45, 7) is -0.438. The summed E-state index contributed by atoms with van der Waals surface area (Å²) in [5.74, 6) is -1.41. The standard InChI is InChI=1S/C9H8B2O5S/c10-7-3-6(4-8(11)5-7)9(12)16-1-2-17(13,14)15/h3-5H,1-2H2,(H,13,14,15). The molecule has 0 bridgehead atoms. The van der Waals surface area contributed by atoms with E-state index >= 15 is 0 Å². The summed E-state index contributed by atoms with van der Waals surface area (Å²) >= 11 is 0. The molecule has 1 aromatic carbocycles. The third kappa shape index (κ3) is 5.06. The summed E-state index contributed by atoms with van der Waals surface area (Å²) < 4.78 is 33.8. The topological polar surface area (TPSA) is 80.7 Å². The maximum atomic E-state index is 11.4. The number of benzene rings is 1. The van der Waals surface area contributed by atoms with Gasteiger partial charge in [0.25, 0.3) is 10.1 Å².